The van der Waals surface area contributed by atoms with Crippen molar-refractivity contribution in [2.75, 3.05) is 0 Å². The summed E-state index contributed by atoms with van der Waals surface area (Å²) in [7, 11) is 0. The zero-order valence-electron chi connectivity index (χ0n) is 19.5. The second-order valence-electron chi connectivity index (χ2n) is 10.2. The second-order valence-corrected chi connectivity index (χ2v) is 10.2. The SMILES string of the molecule is C[C@H]1C(=O)[C@H]2O[C@H]2[C@@]2(C)c3nc(-c4cncc5ccccc45)nc(-c4ccccc4F)c3CC[C@H]12. The van der Waals surface area contributed by atoms with E-state index in [0.29, 0.717) is 23.5 Å². The van der Waals surface area contributed by atoms with E-state index < -0.39 is 5.41 Å². The van der Waals surface area contributed by atoms with E-state index in [0.717, 1.165) is 34.0 Å². The fraction of sp³-hybridized carbons (Fsp3) is 0.310. The molecule has 2 fully saturated rings. The largest absolute Gasteiger partial charge is 0.360 e. The number of carbonyl (C=O) groups is 1. The topological polar surface area (TPSA) is 68.3 Å². The van der Waals surface area contributed by atoms with Gasteiger partial charge in [-0.25, -0.2) is 14.4 Å². The fourth-order valence-electron chi connectivity index (χ4n) is 6.59. The minimum absolute atomic E-state index is 0.105. The zero-order chi connectivity index (χ0) is 23.9. The van der Waals surface area contributed by atoms with Gasteiger partial charge in [0.25, 0.3) is 0 Å². The highest BCUT2D eigenvalue weighted by Gasteiger charge is 2.67. The molecule has 35 heavy (non-hydrogen) atoms. The van der Waals surface area contributed by atoms with Gasteiger partial charge in [-0.15, -0.1) is 0 Å². The van der Waals surface area contributed by atoms with E-state index in [-0.39, 0.29) is 35.6 Å². The van der Waals surface area contributed by atoms with Gasteiger partial charge < -0.3 is 4.74 Å². The van der Waals surface area contributed by atoms with Gasteiger partial charge in [0, 0.05) is 45.8 Å². The molecule has 3 heterocycles. The van der Waals surface area contributed by atoms with Crippen LogP contribution in [0, 0.1) is 17.7 Å². The molecule has 0 amide bonds. The van der Waals surface area contributed by atoms with Crippen LogP contribution in [0.3, 0.4) is 0 Å². The van der Waals surface area contributed by atoms with Gasteiger partial charge in [-0.2, -0.15) is 0 Å². The van der Waals surface area contributed by atoms with Crippen molar-refractivity contribution in [2.24, 2.45) is 11.8 Å². The molecule has 0 bridgehead atoms. The number of aromatic nitrogens is 3. The molecule has 0 N–H and O–H groups in total. The molecule has 0 unspecified atom stereocenters. The molecule has 174 valence electrons. The molecule has 6 heteroatoms. The fourth-order valence-corrected chi connectivity index (χ4v) is 6.59. The van der Waals surface area contributed by atoms with Crippen LogP contribution < -0.4 is 0 Å². The summed E-state index contributed by atoms with van der Waals surface area (Å²) in [5.74, 6) is 0.424. The average Bonchev–Trinajstić information content (AvgIpc) is 3.69. The number of pyridine rings is 1. The Hall–Kier alpha value is -3.51. The number of benzene rings is 2. The van der Waals surface area contributed by atoms with Crippen molar-refractivity contribution in [2.45, 2.75) is 44.3 Å². The van der Waals surface area contributed by atoms with Crippen LogP contribution in [0.4, 0.5) is 4.39 Å². The maximum Gasteiger partial charge on any atom is 0.167 e. The highest BCUT2D eigenvalue weighted by atomic mass is 19.1. The lowest BCUT2D eigenvalue weighted by atomic mass is 9.56. The zero-order valence-corrected chi connectivity index (χ0v) is 19.5. The lowest BCUT2D eigenvalue weighted by Gasteiger charge is -2.46. The summed E-state index contributed by atoms with van der Waals surface area (Å²) in [6.45, 7) is 4.19. The predicted octanol–water partition coefficient (Wildman–Crippen LogP) is 5.30. The average molecular weight is 466 g/mol. The lowest BCUT2D eigenvalue weighted by Crippen LogP contribution is -2.52. The van der Waals surface area contributed by atoms with Crippen LogP contribution in [0.25, 0.3) is 33.4 Å². The first kappa shape index (κ1) is 20.8. The number of hydrogen-bond donors (Lipinski definition) is 0. The van der Waals surface area contributed by atoms with E-state index in [2.05, 4.69) is 11.9 Å². The summed E-state index contributed by atoms with van der Waals surface area (Å²) in [5.41, 5.74) is 3.30. The van der Waals surface area contributed by atoms with Crippen molar-refractivity contribution >= 4 is 16.6 Å². The normalized spacial score (nSPS) is 28.8. The molecule has 2 aromatic heterocycles. The van der Waals surface area contributed by atoms with Crippen LogP contribution in [-0.2, 0) is 21.4 Å². The molecule has 1 aliphatic heterocycles. The molecule has 5 nitrogen and oxygen atoms in total. The van der Waals surface area contributed by atoms with Gasteiger partial charge >= 0.3 is 0 Å². The number of epoxide rings is 1. The number of nitrogens with zero attached hydrogens (tertiary/aromatic N) is 3. The number of ketones is 1. The van der Waals surface area contributed by atoms with E-state index in [4.69, 9.17) is 14.7 Å². The van der Waals surface area contributed by atoms with Gasteiger partial charge in [0.2, 0.25) is 0 Å². The first-order chi connectivity index (χ1) is 17.0. The van der Waals surface area contributed by atoms with Crippen LogP contribution in [0.2, 0.25) is 0 Å². The number of halogens is 1. The highest BCUT2D eigenvalue weighted by molar-refractivity contribution is 5.94. The minimum atomic E-state index is -0.443. The van der Waals surface area contributed by atoms with Crippen LogP contribution in [-0.4, -0.2) is 32.9 Å². The number of carbonyl (C=O) groups excluding carboxylic acids is 1. The molecule has 4 aromatic rings. The molecular weight excluding hydrogens is 441 g/mol. The number of Topliss-reactive ketones (excluding diaryl/α,β-unsaturated/α-hetero) is 1. The van der Waals surface area contributed by atoms with Crippen molar-refractivity contribution in [3.05, 3.63) is 78.0 Å². The van der Waals surface area contributed by atoms with Crippen LogP contribution >= 0.6 is 0 Å². The summed E-state index contributed by atoms with van der Waals surface area (Å²) in [6, 6.07) is 14.8. The maximum absolute atomic E-state index is 15.1. The molecule has 2 aromatic carbocycles. The van der Waals surface area contributed by atoms with Crippen molar-refractivity contribution in [3.8, 4) is 22.6 Å². The standard InChI is InChI=1S/C29H24FN3O2/c1-15-21-12-11-19-23(18-9-5-6-10-22(18)30)32-28(20-14-31-13-16-7-3-4-8-17(16)20)33-26(19)29(21,2)27-25(35-27)24(15)34/h3-10,13-15,21,25,27H,11-12H2,1-2H3/t15-,21-,25-,27-,29-/m1/s1. The smallest absolute Gasteiger partial charge is 0.167 e. The Labute approximate surface area is 202 Å². The Morgan fingerprint density at radius 1 is 1.03 bits per heavy atom. The molecule has 3 aliphatic rings. The van der Waals surface area contributed by atoms with E-state index in [9.17, 15) is 4.79 Å². The predicted molar refractivity (Wildman–Crippen MR) is 130 cm³/mol. The van der Waals surface area contributed by atoms with Crippen molar-refractivity contribution < 1.29 is 13.9 Å². The number of ether oxygens (including phenoxy) is 1. The summed E-state index contributed by atoms with van der Waals surface area (Å²) >= 11 is 0. The van der Waals surface area contributed by atoms with Crippen LogP contribution in [0.1, 0.15) is 31.5 Å². The monoisotopic (exact) mass is 465 g/mol. The Morgan fingerprint density at radius 2 is 1.83 bits per heavy atom. The highest BCUT2D eigenvalue weighted by Crippen LogP contribution is 2.58. The van der Waals surface area contributed by atoms with Gasteiger partial charge in [-0.1, -0.05) is 50.2 Å². The summed E-state index contributed by atoms with van der Waals surface area (Å²) in [4.78, 5) is 27.4. The Bertz CT molecular complexity index is 1530. The molecule has 1 saturated heterocycles. The van der Waals surface area contributed by atoms with E-state index >= 15 is 4.39 Å². The third kappa shape index (κ3) is 2.83. The number of fused-ring (bicyclic) bond motifs is 6. The van der Waals surface area contributed by atoms with Gasteiger partial charge in [0.15, 0.2) is 11.6 Å². The van der Waals surface area contributed by atoms with Crippen LogP contribution in [0.15, 0.2) is 60.9 Å². The molecule has 2 aliphatic carbocycles. The number of rotatable bonds is 2. The molecule has 7 rings (SSSR count). The van der Waals surface area contributed by atoms with Gasteiger partial charge in [-0.3, -0.25) is 9.78 Å². The molecule has 0 spiro atoms. The Balaban J connectivity index is 1.53. The molecule has 0 radical (unpaired) electrons. The Kier molecular flexibility index (Phi) is 4.31. The third-order valence-corrected chi connectivity index (χ3v) is 8.45. The summed E-state index contributed by atoms with van der Waals surface area (Å²) < 4.78 is 21.1. The van der Waals surface area contributed by atoms with Gasteiger partial charge in [0.1, 0.15) is 18.0 Å². The quantitative estimate of drug-likeness (QED) is 0.376. The van der Waals surface area contributed by atoms with E-state index in [1.165, 1.54) is 6.07 Å². The first-order valence-electron chi connectivity index (χ1n) is 12.2. The molecule has 5 atom stereocenters. The summed E-state index contributed by atoms with van der Waals surface area (Å²) in [5, 5.41) is 1.98. The van der Waals surface area contributed by atoms with Gasteiger partial charge in [-0.05, 0) is 36.3 Å². The minimum Gasteiger partial charge on any atom is -0.360 e. The summed E-state index contributed by atoms with van der Waals surface area (Å²) in [6.07, 6.45) is 4.56. The van der Waals surface area contributed by atoms with Gasteiger partial charge in [0.05, 0.1) is 11.4 Å². The maximum atomic E-state index is 15.1. The van der Waals surface area contributed by atoms with Crippen LogP contribution in [0.5, 0.6) is 0 Å². The molecular formula is C29H24FN3O2. The van der Waals surface area contributed by atoms with Crippen molar-refractivity contribution in [1.82, 2.24) is 15.0 Å². The third-order valence-electron chi connectivity index (χ3n) is 8.45. The van der Waals surface area contributed by atoms with E-state index in [1.807, 2.05) is 43.5 Å². The second kappa shape index (κ2) is 7.25. The van der Waals surface area contributed by atoms with E-state index in [1.54, 1.807) is 18.3 Å². The van der Waals surface area contributed by atoms with Crippen molar-refractivity contribution in [1.29, 1.82) is 0 Å². The molecule has 1 saturated carbocycles. The van der Waals surface area contributed by atoms with Crippen molar-refractivity contribution in [3.63, 3.8) is 0 Å². The number of hydrogen-bond acceptors (Lipinski definition) is 5. The Morgan fingerprint density at radius 3 is 2.69 bits per heavy atom. The first-order valence-corrected chi connectivity index (χ1v) is 12.2. The lowest BCUT2D eigenvalue weighted by molar-refractivity contribution is -0.127.